The molecule has 1 amide bonds. The molecule has 2 aromatic rings. The second-order valence-electron chi connectivity index (χ2n) is 6.61. The number of amides is 1. The topological polar surface area (TPSA) is 82.2 Å². The predicted molar refractivity (Wildman–Crippen MR) is 91.0 cm³/mol. The Morgan fingerprint density at radius 3 is 2.79 bits per heavy atom. The molecule has 0 saturated heterocycles. The van der Waals surface area contributed by atoms with Crippen molar-refractivity contribution in [2.45, 2.75) is 39.8 Å². The number of nitrogens with zero attached hydrogens (tertiary/aromatic N) is 2. The SMILES string of the molecule is Cc1cc(-c2cnn(CCNC(=O)OC(C)(C)C)c2)c(F)cc1N. The van der Waals surface area contributed by atoms with Crippen LogP contribution in [0.1, 0.15) is 26.3 Å². The van der Waals surface area contributed by atoms with E-state index in [2.05, 4.69) is 10.4 Å². The van der Waals surface area contributed by atoms with E-state index in [0.717, 1.165) is 5.56 Å². The molecule has 2 rings (SSSR count). The molecule has 0 aliphatic heterocycles. The zero-order chi connectivity index (χ0) is 17.9. The molecule has 0 aliphatic carbocycles. The number of hydrogen-bond acceptors (Lipinski definition) is 4. The summed E-state index contributed by atoms with van der Waals surface area (Å²) in [6, 6.07) is 3.01. The number of aryl methyl sites for hydroxylation is 1. The maximum atomic E-state index is 14.1. The monoisotopic (exact) mass is 334 g/mol. The van der Waals surface area contributed by atoms with Gasteiger partial charge >= 0.3 is 6.09 Å². The standard InChI is InChI=1S/C17H23FN4O2/c1-11-7-13(14(18)8-15(11)19)12-9-21-22(10-12)6-5-20-16(23)24-17(2,3)4/h7-10H,5-6,19H2,1-4H3,(H,20,23). The molecular weight excluding hydrogens is 311 g/mol. The highest BCUT2D eigenvalue weighted by atomic mass is 19.1. The molecule has 24 heavy (non-hydrogen) atoms. The number of nitrogens with one attached hydrogen (secondary N) is 1. The molecule has 0 atom stereocenters. The van der Waals surface area contributed by atoms with Crippen molar-refractivity contribution in [3.63, 3.8) is 0 Å². The molecule has 3 N–H and O–H groups in total. The third-order valence-electron chi connectivity index (χ3n) is 3.31. The lowest BCUT2D eigenvalue weighted by atomic mass is 10.0. The minimum Gasteiger partial charge on any atom is -0.444 e. The first kappa shape index (κ1) is 17.8. The third kappa shape index (κ3) is 4.71. The lowest BCUT2D eigenvalue weighted by Gasteiger charge is -2.19. The van der Waals surface area contributed by atoms with Crippen LogP contribution in [0.2, 0.25) is 0 Å². The van der Waals surface area contributed by atoms with Crippen LogP contribution in [-0.2, 0) is 11.3 Å². The number of anilines is 1. The fourth-order valence-electron chi connectivity index (χ4n) is 2.13. The summed E-state index contributed by atoms with van der Waals surface area (Å²) in [4.78, 5) is 11.6. The number of hydrogen-bond donors (Lipinski definition) is 2. The molecule has 0 bridgehead atoms. The summed E-state index contributed by atoms with van der Waals surface area (Å²) < 4.78 is 20.8. The molecule has 7 heteroatoms. The number of ether oxygens (including phenoxy) is 1. The van der Waals surface area contributed by atoms with Crippen LogP contribution in [0.4, 0.5) is 14.9 Å². The molecular formula is C17H23FN4O2. The lowest BCUT2D eigenvalue weighted by molar-refractivity contribution is 0.0525. The molecule has 1 aromatic carbocycles. The van der Waals surface area contributed by atoms with Crippen LogP contribution in [-0.4, -0.2) is 28.0 Å². The molecule has 6 nitrogen and oxygen atoms in total. The Bertz CT molecular complexity index is 735. The van der Waals surface area contributed by atoms with Gasteiger partial charge in [0.1, 0.15) is 11.4 Å². The van der Waals surface area contributed by atoms with Crippen molar-refractivity contribution >= 4 is 11.8 Å². The zero-order valence-electron chi connectivity index (χ0n) is 14.4. The van der Waals surface area contributed by atoms with Crippen molar-refractivity contribution in [1.29, 1.82) is 0 Å². The van der Waals surface area contributed by atoms with Gasteiger partial charge in [0, 0.05) is 29.6 Å². The number of carbonyl (C=O) groups excluding carboxylic acids is 1. The zero-order valence-corrected chi connectivity index (χ0v) is 14.4. The number of nitrogens with two attached hydrogens (primary N) is 1. The summed E-state index contributed by atoms with van der Waals surface area (Å²) in [5, 5.41) is 6.84. The molecule has 0 aliphatic rings. The van der Waals surface area contributed by atoms with E-state index in [1.807, 2.05) is 6.92 Å². The second-order valence-corrected chi connectivity index (χ2v) is 6.61. The molecule has 1 aromatic heterocycles. The van der Waals surface area contributed by atoms with Gasteiger partial charge in [-0.25, -0.2) is 9.18 Å². The van der Waals surface area contributed by atoms with E-state index in [0.29, 0.717) is 29.9 Å². The Hall–Kier alpha value is -2.57. The van der Waals surface area contributed by atoms with Crippen LogP contribution in [0.5, 0.6) is 0 Å². The van der Waals surface area contributed by atoms with E-state index in [1.165, 1.54) is 6.07 Å². The van der Waals surface area contributed by atoms with E-state index < -0.39 is 11.7 Å². The van der Waals surface area contributed by atoms with Crippen molar-refractivity contribution < 1.29 is 13.9 Å². The summed E-state index contributed by atoms with van der Waals surface area (Å²) >= 11 is 0. The lowest BCUT2D eigenvalue weighted by Crippen LogP contribution is -2.34. The average molecular weight is 334 g/mol. The first-order chi connectivity index (χ1) is 11.2. The van der Waals surface area contributed by atoms with Gasteiger partial charge in [0.2, 0.25) is 0 Å². The highest BCUT2D eigenvalue weighted by Crippen LogP contribution is 2.26. The molecule has 0 radical (unpaired) electrons. The smallest absolute Gasteiger partial charge is 0.407 e. The van der Waals surface area contributed by atoms with Crippen LogP contribution in [0.25, 0.3) is 11.1 Å². The van der Waals surface area contributed by atoms with Gasteiger partial charge in [-0.05, 0) is 45.4 Å². The Balaban J connectivity index is 1.97. The van der Waals surface area contributed by atoms with Crippen molar-refractivity contribution in [2.24, 2.45) is 0 Å². The fraction of sp³-hybridized carbons (Fsp3) is 0.412. The number of nitrogen functional groups attached to an aromatic ring is 1. The van der Waals surface area contributed by atoms with E-state index in [-0.39, 0.29) is 5.82 Å². The van der Waals surface area contributed by atoms with E-state index in [1.54, 1.807) is 43.9 Å². The van der Waals surface area contributed by atoms with Crippen molar-refractivity contribution in [3.8, 4) is 11.1 Å². The van der Waals surface area contributed by atoms with Crippen LogP contribution >= 0.6 is 0 Å². The van der Waals surface area contributed by atoms with Crippen LogP contribution in [0.15, 0.2) is 24.5 Å². The second kappa shape index (κ2) is 6.90. The van der Waals surface area contributed by atoms with Gasteiger partial charge in [0.25, 0.3) is 0 Å². The quantitative estimate of drug-likeness (QED) is 0.842. The largest absolute Gasteiger partial charge is 0.444 e. The normalized spacial score (nSPS) is 11.4. The number of aromatic nitrogens is 2. The van der Waals surface area contributed by atoms with Gasteiger partial charge in [-0.1, -0.05) is 0 Å². The molecule has 1 heterocycles. The van der Waals surface area contributed by atoms with Gasteiger partial charge in [0.15, 0.2) is 0 Å². The van der Waals surface area contributed by atoms with E-state index in [9.17, 15) is 9.18 Å². The number of carbonyl (C=O) groups is 1. The van der Waals surface area contributed by atoms with Crippen molar-refractivity contribution in [3.05, 3.63) is 35.9 Å². The number of benzene rings is 1. The number of alkyl carbamates (subject to hydrolysis) is 1. The van der Waals surface area contributed by atoms with E-state index >= 15 is 0 Å². The maximum Gasteiger partial charge on any atom is 0.407 e. The van der Waals surface area contributed by atoms with Gasteiger partial charge in [-0.3, -0.25) is 4.68 Å². The molecule has 130 valence electrons. The highest BCUT2D eigenvalue weighted by molar-refractivity contribution is 5.68. The summed E-state index contributed by atoms with van der Waals surface area (Å²) in [6.45, 7) is 8.04. The summed E-state index contributed by atoms with van der Waals surface area (Å²) in [6.07, 6.45) is 2.84. The first-order valence-corrected chi connectivity index (χ1v) is 7.71. The third-order valence-corrected chi connectivity index (χ3v) is 3.31. The van der Waals surface area contributed by atoms with Crippen molar-refractivity contribution in [1.82, 2.24) is 15.1 Å². The van der Waals surface area contributed by atoms with Crippen LogP contribution in [0, 0.1) is 12.7 Å². The number of rotatable bonds is 4. The Morgan fingerprint density at radius 2 is 2.12 bits per heavy atom. The first-order valence-electron chi connectivity index (χ1n) is 7.71. The van der Waals surface area contributed by atoms with Crippen LogP contribution in [0.3, 0.4) is 0 Å². The van der Waals surface area contributed by atoms with Crippen molar-refractivity contribution in [2.75, 3.05) is 12.3 Å². The van der Waals surface area contributed by atoms with Gasteiger partial charge < -0.3 is 15.8 Å². The van der Waals surface area contributed by atoms with E-state index in [4.69, 9.17) is 10.5 Å². The molecule has 0 saturated carbocycles. The predicted octanol–water partition coefficient (Wildman–Crippen LogP) is 3.10. The Kier molecular flexibility index (Phi) is 5.11. The summed E-state index contributed by atoms with van der Waals surface area (Å²) in [5.74, 6) is -0.385. The number of halogens is 1. The summed E-state index contributed by atoms with van der Waals surface area (Å²) in [7, 11) is 0. The maximum absolute atomic E-state index is 14.1. The van der Waals surface area contributed by atoms with Gasteiger partial charge in [0.05, 0.1) is 12.7 Å². The molecule has 0 unspecified atom stereocenters. The summed E-state index contributed by atoms with van der Waals surface area (Å²) in [5.41, 5.74) is 7.51. The Morgan fingerprint density at radius 1 is 1.42 bits per heavy atom. The van der Waals surface area contributed by atoms with Gasteiger partial charge in [-0.2, -0.15) is 5.10 Å². The minimum absolute atomic E-state index is 0.360. The fourth-order valence-corrected chi connectivity index (χ4v) is 2.13. The molecule has 0 spiro atoms. The average Bonchev–Trinajstić information content (AvgIpc) is 2.89. The molecule has 0 fully saturated rings. The van der Waals surface area contributed by atoms with Crippen LogP contribution < -0.4 is 11.1 Å². The highest BCUT2D eigenvalue weighted by Gasteiger charge is 2.15. The van der Waals surface area contributed by atoms with Gasteiger partial charge in [-0.15, -0.1) is 0 Å². The Labute approximate surface area is 140 Å². The minimum atomic E-state index is -0.534.